The SMILES string of the molecule is O[C@@H](COCc1ccco1)CN(Cc1ccccc1)C[C@H]1CCCO1. The number of rotatable bonds is 10. The molecule has 136 valence electrons. The third kappa shape index (κ3) is 6.29. The first-order valence-corrected chi connectivity index (χ1v) is 8.95. The number of nitrogens with zero attached hydrogens (tertiary/aromatic N) is 1. The van der Waals surface area contributed by atoms with Crippen LogP contribution < -0.4 is 0 Å². The summed E-state index contributed by atoms with van der Waals surface area (Å²) in [7, 11) is 0. The molecule has 2 atom stereocenters. The van der Waals surface area contributed by atoms with Crippen LogP contribution in [0.3, 0.4) is 0 Å². The highest BCUT2D eigenvalue weighted by Crippen LogP contribution is 2.15. The minimum absolute atomic E-state index is 0.264. The molecular formula is C20H27NO4. The lowest BCUT2D eigenvalue weighted by atomic mass is 10.1. The molecule has 1 aliphatic heterocycles. The van der Waals surface area contributed by atoms with Crippen molar-refractivity contribution in [3.05, 3.63) is 60.1 Å². The minimum atomic E-state index is -0.542. The Bertz CT molecular complexity index is 581. The Labute approximate surface area is 149 Å². The lowest BCUT2D eigenvalue weighted by Crippen LogP contribution is -2.39. The van der Waals surface area contributed by atoms with E-state index in [4.69, 9.17) is 13.9 Å². The number of benzene rings is 1. The van der Waals surface area contributed by atoms with E-state index in [1.807, 2.05) is 30.3 Å². The van der Waals surface area contributed by atoms with Crippen LogP contribution in [-0.2, 0) is 22.6 Å². The Hall–Kier alpha value is -1.66. The standard InChI is InChI=1S/C20H27NO4/c22-18(15-23-16-20-9-5-11-25-20)13-21(14-19-8-4-10-24-19)12-17-6-2-1-3-7-17/h1-3,5-7,9,11,18-19,22H,4,8,10,12-16H2/t18-,19-/m1/s1. The number of hydrogen-bond donors (Lipinski definition) is 1. The van der Waals surface area contributed by atoms with Crippen LogP contribution >= 0.6 is 0 Å². The van der Waals surface area contributed by atoms with Gasteiger partial charge in [0.1, 0.15) is 12.4 Å². The maximum absolute atomic E-state index is 10.4. The van der Waals surface area contributed by atoms with Crippen molar-refractivity contribution in [2.24, 2.45) is 0 Å². The van der Waals surface area contributed by atoms with Crippen LogP contribution in [0.2, 0.25) is 0 Å². The molecule has 1 aliphatic rings. The molecule has 1 fully saturated rings. The first kappa shape index (κ1) is 18.1. The Morgan fingerprint density at radius 1 is 1.20 bits per heavy atom. The number of ether oxygens (including phenoxy) is 2. The molecule has 0 radical (unpaired) electrons. The second kappa shape index (κ2) is 9.73. The van der Waals surface area contributed by atoms with E-state index >= 15 is 0 Å². The van der Waals surface area contributed by atoms with Gasteiger partial charge < -0.3 is 19.0 Å². The van der Waals surface area contributed by atoms with Gasteiger partial charge in [0.15, 0.2) is 0 Å². The third-order valence-electron chi connectivity index (χ3n) is 4.34. The fraction of sp³-hybridized carbons (Fsp3) is 0.500. The smallest absolute Gasteiger partial charge is 0.129 e. The number of furan rings is 1. The summed E-state index contributed by atoms with van der Waals surface area (Å²) >= 11 is 0. The van der Waals surface area contributed by atoms with Crippen molar-refractivity contribution in [2.45, 2.75) is 38.2 Å². The van der Waals surface area contributed by atoms with Crippen molar-refractivity contribution in [3.63, 3.8) is 0 Å². The van der Waals surface area contributed by atoms with Crippen LogP contribution in [0.5, 0.6) is 0 Å². The predicted octanol–water partition coefficient (Wildman–Crippen LogP) is 2.84. The molecule has 0 amide bonds. The summed E-state index contributed by atoms with van der Waals surface area (Å²) in [5.74, 6) is 0.771. The second-order valence-electron chi connectivity index (χ2n) is 6.56. The van der Waals surface area contributed by atoms with Crippen LogP contribution in [0.15, 0.2) is 53.1 Å². The molecule has 25 heavy (non-hydrogen) atoms. The maximum Gasteiger partial charge on any atom is 0.129 e. The predicted molar refractivity (Wildman–Crippen MR) is 95.1 cm³/mol. The molecule has 0 saturated carbocycles. The number of aliphatic hydroxyl groups is 1. The molecule has 0 aliphatic carbocycles. The van der Waals surface area contributed by atoms with Gasteiger partial charge in [0.25, 0.3) is 0 Å². The molecule has 0 unspecified atom stereocenters. The van der Waals surface area contributed by atoms with Gasteiger partial charge in [-0.1, -0.05) is 30.3 Å². The van der Waals surface area contributed by atoms with Crippen LogP contribution in [0.4, 0.5) is 0 Å². The molecule has 1 aromatic carbocycles. The van der Waals surface area contributed by atoms with E-state index in [0.717, 1.165) is 38.3 Å². The number of hydrogen-bond acceptors (Lipinski definition) is 5. The molecule has 3 rings (SSSR count). The molecule has 5 nitrogen and oxygen atoms in total. The molecule has 1 N–H and O–H groups in total. The Morgan fingerprint density at radius 3 is 2.80 bits per heavy atom. The zero-order valence-electron chi connectivity index (χ0n) is 14.5. The molecule has 1 aromatic heterocycles. The highest BCUT2D eigenvalue weighted by molar-refractivity contribution is 5.14. The molecule has 0 spiro atoms. The molecule has 1 saturated heterocycles. The Balaban J connectivity index is 1.48. The van der Waals surface area contributed by atoms with Crippen molar-refractivity contribution >= 4 is 0 Å². The summed E-state index contributed by atoms with van der Waals surface area (Å²) < 4.78 is 16.6. The summed E-state index contributed by atoms with van der Waals surface area (Å²) in [5, 5.41) is 10.4. The summed E-state index contributed by atoms with van der Waals surface area (Å²) in [6, 6.07) is 14.0. The monoisotopic (exact) mass is 345 g/mol. The van der Waals surface area contributed by atoms with Gasteiger partial charge in [-0.3, -0.25) is 4.90 Å². The van der Waals surface area contributed by atoms with Crippen molar-refractivity contribution in [3.8, 4) is 0 Å². The van der Waals surface area contributed by atoms with Crippen molar-refractivity contribution in [2.75, 3.05) is 26.3 Å². The van der Waals surface area contributed by atoms with Crippen molar-refractivity contribution < 1.29 is 19.0 Å². The largest absolute Gasteiger partial charge is 0.467 e. The van der Waals surface area contributed by atoms with Gasteiger partial charge in [0.05, 0.1) is 25.1 Å². The minimum Gasteiger partial charge on any atom is -0.467 e. The van der Waals surface area contributed by atoms with Gasteiger partial charge in [-0.2, -0.15) is 0 Å². The van der Waals surface area contributed by atoms with Crippen molar-refractivity contribution in [1.29, 1.82) is 0 Å². The van der Waals surface area contributed by atoms with Crippen LogP contribution in [0.25, 0.3) is 0 Å². The summed E-state index contributed by atoms with van der Waals surface area (Å²) in [4.78, 5) is 2.26. The lowest BCUT2D eigenvalue weighted by molar-refractivity contribution is -0.00635. The lowest BCUT2D eigenvalue weighted by Gasteiger charge is -2.27. The molecular weight excluding hydrogens is 318 g/mol. The van der Waals surface area contributed by atoms with E-state index in [9.17, 15) is 5.11 Å². The van der Waals surface area contributed by atoms with E-state index < -0.39 is 6.10 Å². The normalized spacial score (nSPS) is 18.7. The summed E-state index contributed by atoms with van der Waals surface area (Å²) in [6.07, 6.45) is 3.56. The molecule has 2 heterocycles. The average molecular weight is 345 g/mol. The van der Waals surface area contributed by atoms with Gasteiger partial charge in [-0.25, -0.2) is 0 Å². The van der Waals surface area contributed by atoms with Crippen LogP contribution in [0, 0.1) is 0 Å². The van der Waals surface area contributed by atoms with E-state index in [0.29, 0.717) is 13.2 Å². The fourth-order valence-electron chi connectivity index (χ4n) is 3.16. The highest BCUT2D eigenvalue weighted by Gasteiger charge is 2.21. The molecule has 2 aromatic rings. The first-order valence-electron chi connectivity index (χ1n) is 8.95. The number of aliphatic hydroxyl groups excluding tert-OH is 1. The zero-order chi connectivity index (χ0) is 17.3. The van der Waals surface area contributed by atoms with Gasteiger partial charge in [0, 0.05) is 26.2 Å². The summed E-state index contributed by atoms with van der Waals surface area (Å²) in [5.41, 5.74) is 1.24. The van der Waals surface area contributed by atoms with E-state index in [2.05, 4.69) is 17.0 Å². The second-order valence-corrected chi connectivity index (χ2v) is 6.56. The van der Waals surface area contributed by atoms with Gasteiger partial charge in [0.2, 0.25) is 0 Å². The van der Waals surface area contributed by atoms with Crippen LogP contribution in [0.1, 0.15) is 24.2 Å². The topological polar surface area (TPSA) is 55.1 Å². The maximum atomic E-state index is 10.4. The zero-order valence-corrected chi connectivity index (χ0v) is 14.5. The van der Waals surface area contributed by atoms with Gasteiger partial charge in [-0.05, 0) is 30.5 Å². The molecule has 0 bridgehead atoms. The molecule has 5 heteroatoms. The van der Waals surface area contributed by atoms with Crippen LogP contribution in [-0.4, -0.2) is 48.5 Å². The third-order valence-corrected chi connectivity index (χ3v) is 4.34. The fourth-order valence-corrected chi connectivity index (χ4v) is 3.16. The van der Waals surface area contributed by atoms with Gasteiger partial charge >= 0.3 is 0 Å². The first-order chi connectivity index (χ1) is 12.3. The average Bonchev–Trinajstić information content (AvgIpc) is 3.29. The van der Waals surface area contributed by atoms with E-state index in [1.54, 1.807) is 6.26 Å². The van der Waals surface area contributed by atoms with E-state index in [-0.39, 0.29) is 12.7 Å². The Morgan fingerprint density at radius 2 is 2.08 bits per heavy atom. The van der Waals surface area contributed by atoms with Gasteiger partial charge in [-0.15, -0.1) is 0 Å². The summed E-state index contributed by atoms with van der Waals surface area (Å²) in [6.45, 7) is 3.72. The Kier molecular flexibility index (Phi) is 7.06. The van der Waals surface area contributed by atoms with Crippen molar-refractivity contribution in [1.82, 2.24) is 4.90 Å². The highest BCUT2D eigenvalue weighted by atomic mass is 16.5. The quantitative estimate of drug-likeness (QED) is 0.718. The van der Waals surface area contributed by atoms with E-state index in [1.165, 1.54) is 5.56 Å².